The summed E-state index contributed by atoms with van der Waals surface area (Å²) < 4.78 is 10.5. The van der Waals surface area contributed by atoms with E-state index in [1.807, 2.05) is 6.92 Å². The Morgan fingerprint density at radius 2 is 2.00 bits per heavy atom. The summed E-state index contributed by atoms with van der Waals surface area (Å²) in [7, 11) is -0.859. The third-order valence-corrected chi connectivity index (χ3v) is 3.43. The lowest BCUT2D eigenvalue weighted by molar-refractivity contribution is 0.0207. The zero-order chi connectivity index (χ0) is 7.82. The fraction of sp³-hybridized carbons (Fsp3) is 1.00. The van der Waals surface area contributed by atoms with Crippen molar-refractivity contribution in [3.05, 3.63) is 0 Å². The summed E-state index contributed by atoms with van der Waals surface area (Å²) in [6.45, 7) is 7.64. The summed E-state index contributed by atoms with van der Waals surface area (Å²) >= 11 is 0. The Kier molecular flexibility index (Phi) is 7.35. The van der Waals surface area contributed by atoms with Crippen LogP contribution in [0.5, 0.6) is 0 Å². The fourth-order valence-electron chi connectivity index (χ4n) is 0.737. The molecule has 10 heavy (non-hydrogen) atoms. The summed E-state index contributed by atoms with van der Waals surface area (Å²) in [5.74, 6) is 0. The van der Waals surface area contributed by atoms with Crippen LogP contribution in [0.1, 0.15) is 20.3 Å². The quantitative estimate of drug-likeness (QED) is 0.336. The first-order chi connectivity index (χ1) is 4.81. The molecule has 3 heteroatoms. The van der Waals surface area contributed by atoms with Crippen LogP contribution in [-0.4, -0.2) is 22.4 Å². The molecule has 2 nitrogen and oxygen atoms in total. The molecule has 62 valence electrons. The van der Waals surface area contributed by atoms with Crippen LogP contribution in [0.2, 0.25) is 12.6 Å². The Balaban J connectivity index is 2.97. The highest BCUT2D eigenvalue weighted by molar-refractivity contribution is 6.50. The van der Waals surface area contributed by atoms with Crippen molar-refractivity contribution in [1.82, 2.24) is 0 Å². The maximum Gasteiger partial charge on any atom is 0.177 e. The van der Waals surface area contributed by atoms with Crippen molar-refractivity contribution in [3.8, 4) is 0 Å². The van der Waals surface area contributed by atoms with Crippen LogP contribution in [0.4, 0.5) is 0 Å². The van der Waals surface area contributed by atoms with Gasteiger partial charge in [-0.25, -0.2) is 0 Å². The second kappa shape index (κ2) is 7.25. The summed E-state index contributed by atoms with van der Waals surface area (Å²) in [5, 5.41) is 0. The second-order valence-electron chi connectivity index (χ2n) is 2.38. The van der Waals surface area contributed by atoms with Crippen LogP contribution in [0, 0.1) is 0 Å². The first kappa shape index (κ1) is 10.1. The molecule has 0 aromatic heterocycles. The first-order valence-corrected chi connectivity index (χ1v) is 6.44. The van der Waals surface area contributed by atoms with E-state index in [1.54, 1.807) is 0 Å². The SMILES string of the molecule is CCC[SiH](C)OCOCC. The molecule has 0 aliphatic rings. The number of hydrogen-bond donors (Lipinski definition) is 0. The van der Waals surface area contributed by atoms with Gasteiger partial charge in [0.1, 0.15) is 6.79 Å². The third-order valence-electron chi connectivity index (χ3n) is 1.34. The Hall–Kier alpha value is 0.137. The molecule has 1 atom stereocenters. The van der Waals surface area contributed by atoms with Crippen LogP contribution < -0.4 is 0 Å². The minimum absolute atomic E-state index is 0.504. The zero-order valence-corrected chi connectivity index (χ0v) is 8.38. The van der Waals surface area contributed by atoms with Gasteiger partial charge < -0.3 is 9.16 Å². The van der Waals surface area contributed by atoms with E-state index in [0.717, 1.165) is 6.61 Å². The Morgan fingerprint density at radius 3 is 2.50 bits per heavy atom. The molecule has 1 unspecified atom stereocenters. The van der Waals surface area contributed by atoms with E-state index >= 15 is 0 Å². The lowest BCUT2D eigenvalue weighted by Gasteiger charge is -2.09. The molecule has 0 fully saturated rings. The molecule has 0 spiro atoms. The van der Waals surface area contributed by atoms with Crippen molar-refractivity contribution < 1.29 is 9.16 Å². The molecule has 0 bridgehead atoms. The molecule has 0 aromatic carbocycles. The topological polar surface area (TPSA) is 18.5 Å². The van der Waals surface area contributed by atoms with Gasteiger partial charge in [-0.2, -0.15) is 0 Å². The zero-order valence-electron chi connectivity index (χ0n) is 7.22. The molecule has 0 saturated heterocycles. The van der Waals surface area contributed by atoms with Crippen LogP contribution in [-0.2, 0) is 9.16 Å². The smallest absolute Gasteiger partial charge is 0.177 e. The van der Waals surface area contributed by atoms with Gasteiger partial charge >= 0.3 is 0 Å². The Morgan fingerprint density at radius 1 is 1.30 bits per heavy atom. The van der Waals surface area contributed by atoms with E-state index < -0.39 is 9.04 Å². The van der Waals surface area contributed by atoms with E-state index in [1.165, 1.54) is 12.5 Å². The van der Waals surface area contributed by atoms with Crippen molar-refractivity contribution in [3.63, 3.8) is 0 Å². The molecule has 0 heterocycles. The van der Waals surface area contributed by atoms with Gasteiger partial charge in [0, 0.05) is 6.61 Å². The normalized spacial score (nSPS) is 13.5. The van der Waals surface area contributed by atoms with E-state index in [2.05, 4.69) is 13.5 Å². The van der Waals surface area contributed by atoms with Crippen LogP contribution in [0.3, 0.4) is 0 Å². The van der Waals surface area contributed by atoms with Crippen molar-refractivity contribution in [2.45, 2.75) is 32.9 Å². The molecular weight excluding hydrogens is 144 g/mol. The van der Waals surface area contributed by atoms with Gasteiger partial charge in [-0.3, -0.25) is 0 Å². The molecule has 0 saturated carbocycles. The maximum atomic E-state index is 5.44. The second-order valence-corrected chi connectivity index (χ2v) is 4.91. The molecule has 0 radical (unpaired) electrons. The lowest BCUT2D eigenvalue weighted by atomic mass is 10.6. The van der Waals surface area contributed by atoms with Crippen LogP contribution in [0.15, 0.2) is 0 Å². The highest BCUT2D eigenvalue weighted by atomic mass is 28.3. The van der Waals surface area contributed by atoms with Crippen molar-refractivity contribution in [1.29, 1.82) is 0 Å². The van der Waals surface area contributed by atoms with E-state index in [4.69, 9.17) is 9.16 Å². The average Bonchev–Trinajstić information content (AvgIpc) is 1.89. The fourth-order valence-corrected chi connectivity index (χ4v) is 2.05. The van der Waals surface area contributed by atoms with Crippen molar-refractivity contribution in [2.24, 2.45) is 0 Å². The van der Waals surface area contributed by atoms with Crippen LogP contribution >= 0.6 is 0 Å². The van der Waals surface area contributed by atoms with E-state index in [9.17, 15) is 0 Å². The molecule has 0 amide bonds. The molecule has 0 N–H and O–H groups in total. The van der Waals surface area contributed by atoms with E-state index in [-0.39, 0.29) is 0 Å². The average molecular weight is 162 g/mol. The predicted molar refractivity (Wildman–Crippen MR) is 45.7 cm³/mol. The summed E-state index contributed by atoms with van der Waals surface area (Å²) in [6.07, 6.45) is 1.24. The van der Waals surface area contributed by atoms with Crippen LogP contribution in [0.25, 0.3) is 0 Å². The summed E-state index contributed by atoms with van der Waals surface area (Å²) in [5.41, 5.74) is 0. The van der Waals surface area contributed by atoms with Gasteiger partial charge in [0.25, 0.3) is 0 Å². The minimum Gasteiger partial charge on any atom is -0.398 e. The van der Waals surface area contributed by atoms with Crippen molar-refractivity contribution >= 4 is 9.04 Å². The van der Waals surface area contributed by atoms with Crippen molar-refractivity contribution in [2.75, 3.05) is 13.4 Å². The number of rotatable bonds is 6. The maximum absolute atomic E-state index is 5.44. The van der Waals surface area contributed by atoms with Gasteiger partial charge in [-0.1, -0.05) is 13.3 Å². The van der Waals surface area contributed by atoms with Gasteiger partial charge in [-0.15, -0.1) is 0 Å². The number of hydrogen-bond acceptors (Lipinski definition) is 2. The van der Waals surface area contributed by atoms with Gasteiger partial charge in [0.15, 0.2) is 9.04 Å². The number of ether oxygens (including phenoxy) is 1. The monoisotopic (exact) mass is 162 g/mol. The van der Waals surface area contributed by atoms with Gasteiger partial charge in [-0.05, 0) is 19.5 Å². The van der Waals surface area contributed by atoms with Gasteiger partial charge in [0.2, 0.25) is 0 Å². The van der Waals surface area contributed by atoms with Gasteiger partial charge in [0.05, 0.1) is 0 Å². The third kappa shape index (κ3) is 6.26. The first-order valence-electron chi connectivity index (χ1n) is 4.00. The molecule has 0 aliphatic carbocycles. The molecule has 0 rings (SSSR count). The molecular formula is C7H18O2Si. The predicted octanol–water partition coefficient (Wildman–Crippen LogP) is 1.76. The highest BCUT2D eigenvalue weighted by Crippen LogP contribution is 1.97. The molecule has 0 aromatic rings. The highest BCUT2D eigenvalue weighted by Gasteiger charge is 2.00. The summed E-state index contributed by atoms with van der Waals surface area (Å²) in [4.78, 5) is 0. The molecule has 0 aliphatic heterocycles. The summed E-state index contributed by atoms with van der Waals surface area (Å²) in [6, 6.07) is 1.26. The Labute approximate surface area is 65.3 Å². The van der Waals surface area contributed by atoms with E-state index in [0.29, 0.717) is 6.79 Å². The largest absolute Gasteiger partial charge is 0.398 e. The standard InChI is InChI=1S/C7H18O2Si/c1-4-6-10(3)9-7-8-5-2/h10H,4-7H2,1-3H3. The minimum atomic E-state index is -0.859. The Bertz CT molecular complexity index is 68.6. The lowest BCUT2D eigenvalue weighted by Crippen LogP contribution is -2.14.